The Bertz CT molecular complexity index is 1590. The molecule has 0 aliphatic carbocycles. The number of aliphatic carboxylic acids is 1. The second-order valence-electron chi connectivity index (χ2n) is 14.1. The van der Waals surface area contributed by atoms with Crippen molar-refractivity contribution in [2.75, 3.05) is 6.54 Å². The SMILES string of the molecule is CCCC(NC(=O)[C@@H]1[C@@H](CC)CCN1C(=O)[C@@H](NC(=O)[C@@H](CC(=O)c1cnccn1)C(C)C)C(C)CC)C(=O)C(=O)N[C@@H](Cc1ccccc1)C(=O)O. The van der Waals surface area contributed by atoms with Gasteiger partial charge in [-0.25, -0.2) is 9.78 Å². The number of Topliss-reactive ketones (excluding diaryl/α,β-unsaturated/α-hetero) is 2. The number of carbonyl (C=O) groups excluding carboxylic acids is 6. The quantitative estimate of drug-likeness (QED) is 0.116. The molecule has 1 fully saturated rings. The number of carboxylic acid groups (broad SMARTS) is 1. The largest absolute Gasteiger partial charge is 0.480 e. The molecule has 2 aromatic rings. The van der Waals surface area contributed by atoms with E-state index in [0.29, 0.717) is 31.2 Å². The Morgan fingerprint density at radius 3 is 2.19 bits per heavy atom. The number of aromatic nitrogens is 2. The predicted octanol–water partition coefficient (Wildman–Crippen LogP) is 3.15. The van der Waals surface area contributed by atoms with Gasteiger partial charge in [-0.05, 0) is 36.2 Å². The highest BCUT2D eigenvalue weighted by Gasteiger charge is 2.45. The second-order valence-corrected chi connectivity index (χ2v) is 14.1. The minimum atomic E-state index is -1.37. The molecule has 53 heavy (non-hydrogen) atoms. The number of ketones is 2. The number of hydrogen-bond donors (Lipinski definition) is 4. The van der Waals surface area contributed by atoms with Gasteiger partial charge in [0.1, 0.15) is 23.8 Å². The fraction of sp³-hybridized carbons (Fsp3) is 0.564. The second kappa shape index (κ2) is 20.3. The number of carboxylic acids is 1. The van der Waals surface area contributed by atoms with Crippen molar-refractivity contribution in [2.45, 2.75) is 111 Å². The Labute approximate surface area is 311 Å². The molecule has 7 atom stereocenters. The zero-order chi connectivity index (χ0) is 39.2. The maximum Gasteiger partial charge on any atom is 0.326 e. The Morgan fingerprint density at radius 2 is 1.62 bits per heavy atom. The van der Waals surface area contributed by atoms with Crippen LogP contribution in [0.25, 0.3) is 0 Å². The van der Waals surface area contributed by atoms with Crippen LogP contribution in [0.2, 0.25) is 0 Å². The molecule has 2 heterocycles. The van der Waals surface area contributed by atoms with Crippen LogP contribution in [0.3, 0.4) is 0 Å². The zero-order valence-electron chi connectivity index (χ0n) is 31.5. The van der Waals surface area contributed by atoms with Gasteiger partial charge >= 0.3 is 5.97 Å². The molecule has 1 aliphatic rings. The van der Waals surface area contributed by atoms with Gasteiger partial charge in [0.25, 0.3) is 5.91 Å². The highest BCUT2D eigenvalue weighted by atomic mass is 16.4. The van der Waals surface area contributed by atoms with E-state index in [1.807, 2.05) is 34.6 Å². The highest BCUT2D eigenvalue weighted by Crippen LogP contribution is 2.30. The van der Waals surface area contributed by atoms with Crippen molar-refractivity contribution >= 4 is 41.2 Å². The molecule has 0 bridgehead atoms. The molecule has 2 unspecified atom stereocenters. The van der Waals surface area contributed by atoms with Gasteiger partial charge in [-0.1, -0.05) is 91.1 Å². The van der Waals surface area contributed by atoms with Crippen LogP contribution >= 0.6 is 0 Å². The Kier molecular flexibility index (Phi) is 16.2. The smallest absolute Gasteiger partial charge is 0.326 e. The van der Waals surface area contributed by atoms with E-state index in [2.05, 4.69) is 25.9 Å². The van der Waals surface area contributed by atoms with Crippen LogP contribution in [-0.4, -0.2) is 91.9 Å². The fourth-order valence-corrected chi connectivity index (χ4v) is 6.64. The van der Waals surface area contributed by atoms with E-state index in [4.69, 9.17) is 0 Å². The van der Waals surface area contributed by atoms with Crippen molar-refractivity contribution in [3.63, 3.8) is 0 Å². The Balaban J connectivity index is 1.79. The zero-order valence-corrected chi connectivity index (χ0v) is 31.5. The number of amides is 4. The van der Waals surface area contributed by atoms with Crippen molar-refractivity contribution in [3.8, 4) is 0 Å². The van der Waals surface area contributed by atoms with E-state index < -0.39 is 65.5 Å². The molecule has 1 saturated heterocycles. The lowest BCUT2D eigenvalue weighted by atomic mass is 9.88. The van der Waals surface area contributed by atoms with Crippen LogP contribution in [0.15, 0.2) is 48.9 Å². The lowest BCUT2D eigenvalue weighted by molar-refractivity contribution is -0.146. The fourth-order valence-electron chi connectivity index (χ4n) is 6.64. The molecular formula is C39H54N6O8. The average Bonchev–Trinajstić information content (AvgIpc) is 3.59. The minimum absolute atomic E-state index is 0.0405. The first kappa shape index (κ1) is 42.4. The Hall–Kier alpha value is -5.01. The first-order valence-electron chi connectivity index (χ1n) is 18.6. The summed E-state index contributed by atoms with van der Waals surface area (Å²) in [7, 11) is 0. The number of nitrogens with zero attached hydrogens (tertiary/aromatic N) is 3. The number of hydrogen-bond acceptors (Lipinski definition) is 9. The van der Waals surface area contributed by atoms with E-state index in [1.54, 1.807) is 37.3 Å². The number of benzene rings is 1. The van der Waals surface area contributed by atoms with E-state index in [0.717, 1.165) is 0 Å². The van der Waals surface area contributed by atoms with Crippen molar-refractivity contribution in [3.05, 3.63) is 60.2 Å². The molecule has 4 N–H and O–H groups in total. The molecule has 0 radical (unpaired) electrons. The van der Waals surface area contributed by atoms with Crippen molar-refractivity contribution in [1.29, 1.82) is 0 Å². The third kappa shape index (κ3) is 11.5. The summed E-state index contributed by atoms with van der Waals surface area (Å²) >= 11 is 0. The lowest BCUT2D eigenvalue weighted by Gasteiger charge is -2.34. The van der Waals surface area contributed by atoms with E-state index >= 15 is 0 Å². The van der Waals surface area contributed by atoms with Crippen molar-refractivity contribution < 1.29 is 38.7 Å². The summed E-state index contributed by atoms with van der Waals surface area (Å²) in [4.78, 5) is 103. The maximum atomic E-state index is 14.3. The summed E-state index contributed by atoms with van der Waals surface area (Å²) in [6.07, 6.45) is 6.16. The molecule has 288 valence electrons. The normalized spacial score (nSPS) is 18.3. The topological polar surface area (TPSA) is 205 Å². The van der Waals surface area contributed by atoms with Gasteiger partial charge in [0.2, 0.25) is 23.5 Å². The predicted molar refractivity (Wildman–Crippen MR) is 196 cm³/mol. The summed E-state index contributed by atoms with van der Waals surface area (Å²) in [6, 6.07) is 4.08. The van der Waals surface area contributed by atoms with Crippen LogP contribution < -0.4 is 16.0 Å². The van der Waals surface area contributed by atoms with Gasteiger partial charge in [-0.2, -0.15) is 0 Å². The van der Waals surface area contributed by atoms with Gasteiger partial charge < -0.3 is 26.0 Å². The third-order valence-electron chi connectivity index (χ3n) is 10.1. The van der Waals surface area contributed by atoms with Gasteiger partial charge in [0.15, 0.2) is 5.78 Å². The van der Waals surface area contributed by atoms with Crippen LogP contribution in [0, 0.1) is 23.7 Å². The number of nitrogens with one attached hydrogen (secondary N) is 3. The molecule has 1 aromatic heterocycles. The summed E-state index contributed by atoms with van der Waals surface area (Å²) in [6.45, 7) is 11.3. The van der Waals surface area contributed by atoms with Gasteiger partial charge in [0, 0.05) is 37.7 Å². The lowest BCUT2D eigenvalue weighted by Crippen LogP contribution is -2.59. The molecule has 4 amide bonds. The summed E-state index contributed by atoms with van der Waals surface area (Å²) in [5.41, 5.74) is 0.799. The number of carbonyl (C=O) groups is 7. The molecule has 0 spiro atoms. The van der Waals surface area contributed by atoms with Gasteiger partial charge in [-0.15, -0.1) is 0 Å². The first-order valence-corrected chi connectivity index (χ1v) is 18.6. The monoisotopic (exact) mass is 734 g/mol. The highest BCUT2D eigenvalue weighted by molar-refractivity contribution is 6.38. The van der Waals surface area contributed by atoms with E-state index in [9.17, 15) is 38.7 Å². The summed E-state index contributed by atoms with van der Waals surface area (Å²) in [5, 5.41) is 17.7. The number of rotatable bonds is 20. The van der Waals surface area contributed by atoms with Gasteiger partial charge in [-0.3, -0.25) is 33.8 Å². The molecule has 3 rings (SSSR count). The molecule has 1 aliphatic heterocycles. The van der Waals surface area contributed by atoms with Crippen LogP contribution in [-0.2, 0) is 35.2 Å². The first-order chi connectivity index (χ1) is 25.2. The van der Waals surface area contributed by atoms with Crippen LogP contribution in [0.1, 0.15) is 96.1 Å². The summed E-state index contributed by atoms with van der Waals surface area (Å²) in [5.74, 6) is -6.87. The molecule has 14 nitrogen and oxygen atoms in total. The molecule has 1 aromatic carbocycles. The maximum absolute atomic E-state index is 14.3. The van der Waals surface area contributed by atoms with E-state index in [1.165, 1.54) is 23.5 Å². The third-order valence-corrected chi connectivity index (χ3v) is 10.1. The molecular weight excluding hydrogens is 680 g/mol. The van der Waals surface area contributed by atoms with Crippen LogP contribution in [0.5, 0.6) is 0 Å². The molecule has 14 heteroatoms. The number of likely N-dealkylation sites (tertiary alicyclic amines) is 1. The van der Waals surface area contributed by atoms with Crippen molar-refractivity contribution in [1.82, 2.24) is 30.8 Å². The van der Waals surface area contributed by atoms with Crippen LogP contribution in [0.4, 0.5) is 0 Å². The van der Waals surface area contributed by atoms with Gasteiger partial charge in [0.05, 0.1) is 12.2 Å². The Morgan fingerprint density at radius 1 is 0.925 bits per heavy atom. The average molecular weight is 735 g/mol. The van der Waals surface area contributed by atoms with E-state index in [-0.39, 0.29) is 55.0 Å². The minimum Gasteiger partial charge on any atom is -0.480 e. The van der Waals surface area contributed by atoms with Crippen molar-refractivity contribution in [2.24, 2.45) is 23.7 Å². The summed E-state index contributed by atoms with van der Waals surface area (Å²) < 4.78 is 0. The standard InChI is InChI=1S/C39H54N6O8/c1-7-13-28(34(47)37(50)43-29(39(52)53)20-25-14-11-10-12-15-25)42-36(49)33-26(9-3)16-19-45(33)38(51)32(24(6)8-2)44-35(48)27(23(4)5)21-31(46)30-22-40-17-18-41-30/h10-12,14-15,17-18,22-24,26-29,32-33H,7-9,13,16,19-21H2,1-6H3,(H,42,49)(H,43,50)(H,44,48)(H,52,53)/t24?,26-,27-,28?,29-,32-,33-/m0/s1. The molecule has 0 saturated carbocycles.